The lowest BCUT2D eigenvalue weighted by Crippen LogP contribution is -2.21. The number of unbranched alkanes of at least 4 members (excludes halogenated alkanes) is 1. The molecule has 0 amide bonds. The Bertz CT molecular complexity index is 1630. The zero-order valence-electron chi connectivity index (χ0n) is 22.5. The molecule has 1 heterocycles. The standard InChI is InChI=1S/C33H30N2O5/c1-3-4-16-38-28-15-12-23(17-30(28)37-2)32-26-14-13-24(19-29(26)40-33(35)27(32)20-34)39-31(36)18-22-10-7-9-21-8-5-6-11-25(21)22/h5-15,17,19,32H,3-4,16,18,35H2,1-2H3. The average molecular weight is 535 g/mol. The molecule has 7 nitrogen and oxygen atoms in total. The number of methoxy groups -OCH3 is 1. The van der Waals surface area contributed by atoms with E-state index >= 15 is 0 Å². The van der Waals surface area contributed by atoms with Crippen molar-refractivity contribution in [3.05, 3.63) is 107 Å². The molecule has 0 radical (unpaired) electrons. The number of esters is 1. The van der Waals surface area contributed by atoms with Gasteiger partial charge in [-0.3, -0.25) is 4.79 Å². The minimum absolute atomic E-state index is 0.00136. The smallest absolute Gasteiger partial charge is 0.315 e. The third-order valence-corrected chi connectivity index (χ3v) is 6.91. The minimum atomic E-state index is -0.493. The van der Waals surface area contributed by atoms with E-state index in [4.69, 9.17) is 24.7 Å². The molecule has 0 aromatic heterocycles. The maximum atomic E-state index is 12.9. The summed E-state index contributed by atoms with van der Waals surface area (Å²) in [5.41, 5.74) is 8.89. The van der Waals surface area contributed by atoms with Gasteiger partial charge in [0.2, 0.25) is 5.88 Å². The van der Waals surface area contributed by atoms with Crippen LogP contribution in [-0.4, -0.2) is 19.7 Å². The van der Waals surface area contributed by atoms with Crippen LogP contribution in [-0.2, 0) is 11.2 Å². The third kappa shape index (κ3) is 5.43. The van der Waals surface area contributed by atoms with E-state index in [9.17, 15) is 10.1 Å². The molecule has 0 bridgehead atoms. The number of benzene rings is 4. The number of rotatable bonds is 9. The molecule has 0 spiro atoms. The summed E-state index contributed by atoms with van der Waals surface area (Å²) in [4.78, 5) is 12.9. The van der Waals surface area contributed by atoms with Crippen LogP contribution in [0, 0.1) is 11.3 Å². The fourth-order valence-electron chi connectivity index (χ4n) is 4.92. The predicted molar refractivity (Wildman–Crippen MR) is 152 cm³/mol. The van der Waals surface area contributed by atoms with Gasteiger partial charge in [-0.2, -0.15) is 5.26 Å². The predicted octanol–water partition coefficient (Wildman–Crippen LogP) is 6.39. The molecule has 2 N–H and O–H groups in total. The average Bonchev–Trinajstić information content (AvgIpc) is 2.97. The Morgan fingerprint density at radius 1 is 1.02 bits per heavy atom. The number of nitrogens with zero attached hydrogens (tertiary/aromatic N) is 1. The first kappa shape index (κ1) is 26.6. The minimum Gasteiger partial charge on any atom is -0.493 e. The number of nitriles is 1. The van der Waals surface area contributed by atoms with Crippen LogP contribution in [0.5, 0.6) is 23.0 Å². The number of carbonyl (C=O) groups is 1. The Kier molecular flexibility index (Phi) is 7.88. The summed E-state index contributed by atoms with van der Waals surface area (Å²) in [5, 5.41) is 12.0. The maximum absolute atomic E-state index is 12.9. The number of ether oxygens (including phenoxy) is 4. The van der Waals surface area contributed by atoms with E-state index < -0.39 is 11.9 Å². The number of hydrogen-bond acceptors (Lipinski definition) is 7. The van der Waals surface area contributed by atoms with Crippen molar-refractivity contribution in [2.45, 2.75) is 32.1 Å². The SMILES string of the molecule is CCCCOc1ccc(C2C(C#N)=C(N)Oc3cc(OC(=O)Cc4cccc5ccccc45)ccc32)cc1OC. The number of nitrogens with two attached hydrogens (primary N) is 1. The van der Waals surface area contributed by atoms with Crippen molar-refractivity contribution in [1.82, 2.24) is 0 Å². The van der Waals surface area contributed by atoms with Gasteiger partial charge in [0.05, 0.1) is 26.1 Å². The van der Waals surface area contributed by atoms with Crippen LogP contribution < -0.4 is 24.7 Å². The number of fused-ring (bicyclic) bond motifs is 2. The maximum Gasteiger partial charge on any atom is 0.315 e. The summed E-state index contributed by atoms with van der Waals surface area (Å²) in [6.45, 7) is 2.69. The zero-order chi connectivity index (χ0) is 28.1. The van der Waals surface area contributed by atoms with Gasteiger partial charge >= 0.3 is 5.97 Å². The van der Waals surface area contributed by atoms with Gasteiger partial charge in [0.25, 0.3) is 0 Å². The summed E-state index contributed by atoms with van der Waals surface area (Å²) in [6.07, 6.45) is 2.08. The summed E-state index contributed by atoms with van der Waals surface area (Å²) >= 11 is 0. The molecule has 1 atom stereocenters. The van der Waals surface area contributed by atoms with E-state index in [0.29, 0.717) is 29.6 Å². The van der Waals surface area contributed by atoms with Gasteiger partial charge in [0, 0.05) is 11.6 Å². The first-order chi connectivity index (χ1) is 19.5. The van der Waals surface area contributed by atoms with Gasteiger partial charge in [-0.25, -0.2) is 0 Å². The topological polar surface area (TPSA) is 104 Å². The van der Waals surface area contributed by atoms with E-state index in [1.54, 1.807) is 25.3 Å². The first-order valence-electron chi connectivity index (χ1n) is 13.2. The van der Waals surface area contributed by atoms with Gasteiger partial charge in [-0.05, 0) is 46.5 Å². The fraction of sp³-hybridized carbons (Fsp3) is 0.212. The Morgan fingerprint density at radius 3 is 2.65 bits per heavy atom. The summed E-state index contributed by atoms with van der Waals surface area (Å²) in [7, 11) is 1.58. The molecule has 0 fully saturated rings. The van der Waals surface area contributed by atoms with Crippen molar-refractivity contribution in [2.75, 3.05) is 13.7 Å². The Labute approximate surface area is 233 Å². The largest absolute Gasteiger partial charge is 0.493 e. The van der Waals surface area contributed by atoms with Crippen molar-refractivity contribution in [3.8, 4) is 29.1 Å². The molecule has 202 valence electrons. The lowest BCUT2D eigenvalue weighted by molar-refractivity contribution is -0.133. The van der Waals surface area contributed by atoms with E-state index in [1.807, 2.05) is 60.7 Å². The van der Waals surface area contributed by atoms with E-state index in [-0.39, 0.29) is 17.9 Å². The number of carbonyl (C=O) groups excluding carboxylic acids is 1. The van der Waals surface area contributed by atoms with Crippen molar-refractivity contribution in [1.29, 1.82) is 5.26 Å². The normalized spacial score (nSPS) is 14.2. The molecule has 7 heteroatoms. The molecule has 4 aromatic rings. The second-order valence-corrected chi connectivity index (χ2v) is 9.53. The van der Waals surface area contributed by atoms with Gasteiger partial charge in [0.1, 0.15) is 23.1 Å². The van der Waals surface area contributed by atoms with Crippen LogP contribution in [0.15, 0.2) is 90.3 Å². The molecular formula is C33H30N2O5. The van der Waals surface area contributed by atoms with Crippen LogP contribution in [0.1, 0.15) is 42.4 Å². The molecule has 1 aliphatic rings. The molecule has 40 heavy (non-hydrogen) atoms. The van der Waals surface area contributed by atoms with E-state index in [0.717, 1.165) is 40.3 Å². The van der Waals surface area contributed by atoms with Crippen LogP contribution in [0.3, 0.4) is 0 Å². The van der Waals surface area contributed by atoms with Crippen molar-refractivity contribution < 1.29 is 23.7 Å². The third-order valence-electron chi connectivity index (χ3n) is 6.91. The second kappa shape index (κ2) is 11.8. The molecule has 5 rings (SSSR count). The van der Waals surface area contributed by atoms with Gasteiger partial charge in [-0.1, -0.05) is 67.9 Å². The quantitative estimate of drug-likeness (QED) is 0.151. The van der Waals surface area contributed by atoms with Gasteiger partial charge in [-0.15, -0.1) is 0 Å². The Morgan fingerprint density at radius 2 is 1.85 bits per heavy atom. The van der Waals surface area contributed by atoms with Gasteiger partial charge < -0.3 is 24.7 Å². The van der Waals surface area contributed by atoms with Crippen LogP contribution in [0.2, 0.25) is 0 Å². The van der Waals surface area contributed by atoms with Crippen molar-refractivity contribution in [2.24, 2.45) is 5.73 Å². The van der Waals surface area contributed by atoms with E-state index in [1.165, 1.54) is 0 Å². The first-order valence-corrected chi connectivity index (χ1v) is 13.2. The number of allylic oxidation sites excluding steroid dienone is 1. The molecule has 1 aliphatic heterocycles. The molecule has 0 aliphatic carbocycles. The highest BCUT2D eigenvalue weighted by atomic mass is 16.5. The monoisotopic (exact) mass is 534 g/mol. The molecule has 4 aromatic carbocycles. The summed E-state index contributed by atoms with van der Waals surface area (Å²) in [6, 6.07) is 26.7. The highest BCUT2D eigenvalue weighted by Crippen LogP contribution is 2.45. The summed E-state index contributed by atoms with van der Waals surface area (Å²) < 4.78 is 23.0. The highest BCUT2D eigenvalue weighted by Gasteiger charge is 2.32. The lowest BCUT2D eigenvalue weighted by atomic mass is 9.83. The molecule has 0 saturated heterocycles. The molecule has 1 unspecified atom stereocenters. The van der Waals surface area contributed by atoms with Crippen LogP contribution >= 0.6 is 0 Å². The van der Waals surface area contributed by atoms with Crippen molar-refractivity contribution >= 4 is 16.7 Å². The van der Waals surface area contributed by atoms with E-state index in [2.05, 4.69) is 13.0 Å². The highest BCUT2D eigenvalue weighted by molar-refractivity contribution is 5.89. The fourth-order valence-corrected chi connectivity index (χ4v) is 4.92. The zero-order valence-corrected chi connectivity index (χ0v) is 22.5. The Balaban J connectivity index is 1.41. The second-order valence-electron chi connectivity index (χ2n) is 9.53. The summed E-state index contributed by atoms with van der Waals surface area (Å²) in [5.74, 6) is 1.06. The number of hydrogen-bond donors (Lipinski definition) is 1. The van der Waals surface area contributed by atoms with Crippen LogP contribution in [0.25, 0.3) is 10.8 Å². The Hall–Kier alpha value is -4.96. The lowest BCUT2D eigenvalue weighted by Gasteiger charge is -2.27. The van der Waals surface area contributed by atoms with Crippen molar-refractivity contribution in [3.63, 3.8) is 0 Å². The molecular weight excluding hydrogens is 504 g/mol. The molecule has 0 saturated carbocycles. The van der Waals surface area contributed by atoms with Crippen LogP contribution in [0.4, 0.5) is 0 Å². The van der Waals surface area contributed by atoms with Gasteiger partial charge in [0.15, 0.2) is 11.5 Å².